The predicted molar refractivity (Wildman–Crippen MR) is 101 cm³/mol. The van der Waals surface area contributed by atoms with E-state index < -0.39 is 0 Å². The minimum atomic E-state index is -0.109. The van der Waals surface area contributed by atoms with Gasteiger partial charge in [-0.2, -0.15) is 5.26 Å². The number of benzene rings is 2. The van der Waals surface area contributed by atoms with Gasteiger partial charge in [-0.05, 0) is 42.8 Å². The summed E-state index contributed by atoms with van der Waals surface area (Å²) in [7, 11) is 1.57. The first-order valence-electron chi connectivity index (χ1n) is 8.85. The summed E-state index contributed by atoms with van der Waals surface area (Å²) in [4.78, 5) is 29.0. The molecule has 6 heteroatoms. The molecule has 0 bridgehead atoms. The minimum absolute atomic E-state index is 0.0605. The Kier molecular flexibility index (Phi) is 5.72. The molecule has 2 amide bonds. The quantitative estimate of drug-likeness (QED) is 0.840. The Bertz CT molecular complexity index is 888. The molecule has 0 spiro atoms. The normalized spacial score (nSPS) is 14.2. The smallest absolute Gasteiger partial charge is 0.254 e. The van der Waals surface area contributed by atoms with Gasteiger partial charge in [-0.15, -0.1) is 0 Å². The Balaban J connectivity index is 1.68. The molecular weight excluding hydrogens is 342 g/mol. The summed E-state index contributed by atoms with van der Waals surface area (Å²) >= 11 is 0. The zero-order chi connectivity index (χ0) is 19.2. The monoisotopic (exact) mass is 363 g/mol. The predicted octanol–water partition coefficient (Wildman–Crippen LogP) is 2.56. The van der Waals surface area contributed by atoms with Crippen LogP contribution in [0.4, 0.5) is 0 Å². The van der Waals surface area contributed by atoms with Crippen LogP contribution in [-0.4, -0.2) is 54.9 Å². The van der Waals surface area contributed by atoms with Crippen molar-refractivity contribution in [2.24, 2.45) is 0 Å². The van der Waals surface area contributed by atoms with Gasteiger partial charge in [0.15, 0.2) is 0 Å². The fourth-order valence-electron chi connectivity index (χ4n) is 3.17. The van der Waals surface area contributed by atoms with Crippen molar-refractivity contribution in [3.05, 3.63) is 65.2 Å². The highest BCUT2D eigenvalue weighted by Crippen LogP contribution is 2.16. The van der Waals surface area contributed by atoms with Crippen LogP contribution in [-0.2, 0) is 0 Å². The van der Waals surface area contributed by atoms with Gasteiger partial charge in [0, 0.05) is 37.3 Å². The summed E-state index contributed by atoms with van der Waals surface area (Å²) in [5, 5.41) is 9.01. The van der Waals surface area contributed by atoms with Gasteiger partial charge in [0.25, 0.3) is 11.8 Å². The lowest BCUT2D eigenvalue weighted by molar-refractivity contribution is 0.0718. The van der Waals surface area contributed by atoms with Gasteiger partial charge < -0.3 is 14.5 Å². The standard InChI is InChI=1S/C21H21N3O3/c1-27-19-8-3-7-18(14-19)21(26)24-10-4-9-23(11-12-24)20(25)17-6-2-5-16(13-17)15-22/h2-3,5-8,13-14H,4,9-12H2,1H3. The number of amides is 2. The van der Waals surface area contributed by atoms with E-state index in [1.807, 2.05) is 0 Å². The molecule has 138 valence electrons. The fourth-order valence-corrected chi connectivity index (χ4v) is 3.17. The highest BCUT2D eigenvalue weighted by molar-refractivity contribution is 5.96. The van der Waals surface area contributed by atoms with Gasteiger partial charge in [-0.1, -0.05) is 12.1 Å². The number of carbonyl (C=O) groups excluding carboxylic acids is 2. The van der Waals surface area contributed by atoms with E-state index in [1.165, 1.54) is 0 Å². The number of hydrogen-bond donors (Lipinski definition) is 0. The molecule has 1 heterocycles. The van der Waals surface area contributed by atoms with Crippen molar-refractivity contribution < 1.29 is 14.3 Å². The van der Waals surface area contributed by atoms with Crippen molar-refractivity contribution in [3.63, 3.8) is 0 Å². The van der Waals surface area contributed by atoms with Gasteiger partial charge in [0.1, 0.15) is 5.75 Å². The first-order chi connectivity index (χ1) is 13.1. The molecule has 6 nitrogen and oxygen atoms in total. The van der Waals surface area contributed by atoms with Crippen LogP contribution < -0.4 is 4.74 Å². The Morgan fingerprint density at radius 3 is 2.11 bits per heavy atom. The van der Waals surface area contributed by atoms with Crippen molar-refractivity contribution in [1.29, 1.82) is 5.26 Å². The molecule has 0 N–H and O–H groups in total. The maximum Gasteiger partial charge on any atom is 0.254 e. The van der Waals surface area contributed by atoms with Crippen molar-refractivity contribution in [3.8, 4) is 11.8 Å². The molecule has 0 atom stereocenters. The molecule has 2 aromatic rings. The van der Waals surface area contributed by atoms with E-state index in [0.717, 1.165) is 0 Å². The number of nitrogens with zero attached hydrogens (tertiary/aromatic N) is 3. The molecule has 0 radical (unpaired) electrons. The summed E-state index contributed by atoms with van der Waals surface area (Å²) in [5.74, 6) is 0.474. The average molecular weight is 363 g/mol. The van der Waals surface area contributed by atoms with Gasteiger partial charge in [-0.3, -0.25) is 9.59 Å². The second-order valence-corrected chi connectivity index (χ2v) is 6.36. The molecule has 1 fully saturated rings. The van der Waals surface area contributed by atoms with Crippen molar-refractivity contribution in [2.75, 3.05) is 33.3 Å². The molecule has 1 aliphatic heterocycles. The van der Waals surface area contributed by atoms with E-state index in [9.17, 15) is 9.59 Å². The summed E-state index contributed by atoms with van der Waals surface area (Å²) in [6, 6.07) is 15.8. The van der Waals surface area contributed by atoms with Gasteiger partial charge >= 0.3 is 0 Å². The lowest BCUT2D eigenvalue weighted by Crippen LogP contribution is -2.37. The molecule has 3 rings (SSSR count). The number of methoxy groups -OCH3 is 1. The van der Waals surface area contributed by atoms with Crippen LogP contribution in [0.15, 0.2) is 48.5 Å². The second kappa shape index (κ2) is 8.37. The molecule has 1 saturated heterocycles. The first-order valence-corrected chi connectivity index (χ1v) is 8.85. The fraction of sp³-hybridized carbons (Fsp3) is 0.286. The molecule has 0 aliphatic carbocycles. The van der Waals surface area contributed by atoms with Crippen LogP contribution in [0, 0.1) is 11.3 Å². The van der Waals surface area contributed by atoms with E-state index in [4.69, 9.17) is 10.00 Å². The summed E-state index contributed by atoms with van der Waals surface area (Å²) < 4.78 is 5.19. The Morgan fingerprint density at radius 1 is 0.926 bits per heavy atom. The zero-order valence-corrected chi connectivity index (χ0v) is 15.2. The summed E-state index contributed by atoms with van der Waals surface area (Å²) in [6.45, 7) is 2.11. The maximum atomic E-state index is 12.8. The largest absolute Gasteiger partial charge is 0.497 e. The van der Waals surface area contributed by atoms with Crippen LogP contribution in [0.2, 0.25) is 0 Å². The van der Waals surface area contributed by atoms with Crippen molar-refractivity contribution in [1.82, 2.24) is 9.80 Å². The van der Waals surface area contributed by atoms with Crippen molar-refractivity contribution >= 4 is 11.8 Å². The molecule has 0 saturated carbocycles. The summed E-state index contributed by atoms with van der Waals surface area (Å²) in [5.41, 5.74) is 1.54. The Morgan fingerprint density at radius 2 is 1.52 bits per heavy atom. The van der Waals surface area contributed by atoms with Crippen LogP contribution in [0.1, 0.15) is 32.7 Å². The Labute approximate surface area is 158 Å². The number of ether oxygens (including phenoxy) is 1. The molecule has 0 unspecified atom stereocenters. The van der Waals surface area contributed by atoms with Crippen LogP contribution in [0.25, 0.3) is 0 Å². The molecule has 1 aliphatic rings. The highest BCUT2D eigenvalue weighted by atomic mass is 16.5. The maximum absolute atomic E-state index is 12.8. The van der Waals surface area contributed by atoms with E-state index in [0.29, 0.717) is 55.0 Å². The van der Waals surface area contributed by atoms with Crippen LogP contribution in [0.3, 0.4) is 0 Å². The van der Waals surface area contributed by atoms with Crippen molar-refractivity contribution in [2.45, 2.75) is 6.42 Å². The topological polar surface area (TPSA) is 73.6 Å². The van der Waals surface area contributed by atoms with Crippen LogP contribution in [0.5, 0.6) is 5.75 Å². The van der Waals surface area contributed by atoms with E-state index in [2.05, 4.69) is 6.07 Å². The first kappa shape index (κ1) is 18.5. The SMILES string of the molecule is COc1cccc(C(=O)N2CCCN(C(=O)c3cccc(C#N)c3)CC2)c1. The molecular formula is C21H21N3O3. The number of hydrogen-bond acceptors (Lipinski definition) is 4. The van der Waals surface area contributed by atoms with Gasteiger partial charge in [0.05, 0.1) is 18.7 Å². The third kappa shape index (κ3) is 4.26. The van der Waals surface area contributed by atoms with E-state index in [-0.39, 0.29) is 11.8 Å². The second-order valence-electron chi connectivity index (χ2n) is 6.36. The lowest BCUT2D eigenvalue weighted by Gasteiger charge is -2.22. The third-order valence-corrected chi connectivity index (χ3v) is 4.63. The van der Waals surface area contributed by atoms with Crippen LogP contribution >= 0.6 is 0 Å². The number of carbonyl (C=O) groups is 2. The highest BCUT2D eigenvalue weighted by Gasteiger charge is 2.23. The minimum Gasteiger partial charge on any atom is -0.497 e. The number of rotatable bonds is 3. The Hall–Kier alpha value is -3.33. The zero-order valence-electron chi connectivity index (χ0n) is 15.2. The van der Waals surface area contributed by atoms with Gasteiger partial charge in [0.2, 0.25) is 0 Å². The molecule has 27 heavy (non-hydrogen) atoms. The van der Waals surface area contributed by atoms with Gasteiger partial charge in [-0.25, -0.2) is 0 Å². The molecule has 0 aromatic heterocycles. The number of nitriles is 1. The van der Waals surface area contributed by atoms with E-state index >= 15 is 0 Å². The average Bonchev–Trinajstić information content (AvgIpc) is 2.99. The summed E-state index contributed by atoms with van der Waals surface area (Å²) in [6.07, 6.45) is 0.708. The third-order valence-electron chi connectivity index (χ3n) is 4.63. The molecule has 2 aromatic carbocycles. The van der Waals surface area contributed by atoms with E-state index in [1.54, 1.807) is 65.4 Å². The lowest BCUT2D eigenvalue weighted by atomic mass is 10.1.